The SMILES string of the molecule is O=C(CN1CCNCC1)Nc1c(F)cccc1[N+](=O)[O-]. The summed E-state index contributed by atoms with van der Waals surface area (Å²) >= 11 is 0. The highest BCUT2D eigenvalue weighted by atomic mass is 19.1. The highest BCUT2D eigenvalue weighted by Gasteiger charge is 2.21. The Bertz CT molecular complexity index is 517. The van der Waals surface area contributed by atoms with Crippen LogP contribution in [0.5, 0.6) is 0 Å². The van der Waals surface area contributed by atoms with Gasteiger partial charge >= 0.3 is 0 Å². The zero-order valence-electron chi connectivity index (χ0n) is 10.8. The second kappa shape index (κ2) is 6.40. The maximum absolute atomic E-state index is 13.6. The van der Waals surface area contributed by atoms with Crippen LogP contribution >= 0.6 is 0 Å². The summed E-state index contributed by atoms with van der Waals surface area (Å²) in [5.41, 5.74) is -0.823. The number of anilines is 1. The number of hydrogen-bond donors (Lipinski definition) is 2. The maximum Gasteiger partial charge on any atom is 0.295 e. The molecule has 0 saturated carbocycles. The number of hydrogen-bond acceptors (Lipinski definition) is 5. The number of para-hydroxylation sites is 1. The highest BCUT2D eigenvalue weighted by molar-refractivity contribution is 5.94. The summed E-state index contributed by atoms with van der Waals surface area (Å²) in [6.07, 6.45) is 0. The van der Waals surface area contributed by atoms with Gasteiger partial charge in [-0.15, -0.1) is 0 Å². The molecule has 0 spiro atoms. The summed E-state index contributed by atoms with van der Waals surface area (Å²) in [6, 6.07) is 3.47. The largest absolute Gasteiger partial charge is 0.317 e. The first-order valence-corrected chi connectivity index (χ1v) is 6.24. The summed E-state index contributed by atoms with van der Waals surface area (Å²) in [6.45, 7) is 3.09. The van der Waals surface area contributed by atoms with Crippen LogP contribution in [0, 0.1) is 15.9 Å². The van der Waals surface area contributed by atoms with Gasteiger partial charge in [0.2, 0.25) is 5.91 Å². The molecule has 0 bridgehead atoms. The molecule has 20 heavy (non-hydrogen) atoms. The minimum absolute atomic E-state index is 0.0904. The van der Waals surface area contributed by atoms with Gasteiger partial charge in [0.05, 0.1) is 11.5 Å². The van der Waals surface area contributed by atoms with Gasteiger partial charge in [0, 0.05) is 32.2 Å². The quantitative estimate of drug-likeness (QED) is 0.623. The van der Waals surface area contributed by atoms with Crippen LogP contribution in [0.25, 0.3) is 0 Å². The van der Waals surface area contributed by atoms with Crippen molar-refractivity contribution in [2.24, 2.45) is 0 Å². The van der Waals surface area contributed by atoms with Gasteiger partial charge in [0.15, 0.2) is 11.5 Å². The molecule has 8 heteroatoms. The van der Waals surface area contributed by atoms with E-state index in [2.05, 4.69) is 10.6 Å². The van der Waals surface area contributed by atoms with Gasteiger partial charge in [-0.25, -0.2) is 4.39 Å². The van der Waals surface area contributed by atoms with Crippen molar-refractivity contribution in [1.82, 2.24) is 10.2 Å². The minimum Gasteiger partial charge on any atom is -0.317 e. The van der Waals surface area contributed by atoms with Crippen LogP contribution in [-0.4, -0.2) is 48.5 Å². The fourth-order valence-electron chi connectivity index (χ4n) is 2.04. The molecule has 1 aliphatic heterocycles. The molecule has 2 rings (SSSR count). The first-order valence-electron chi connectivity index (χ1n) is 6.24. The lowest BCUT2D eigenvalue weighted by Gasteiger charge is -2.26. The lowest BCUT2D eigenvalue weighted by molar-refractivity contribution is -0.384. The van der Waals surface area contributed by atoms with Crippen molar-refractivity contribution in [3.63, 3.8) is 0 Å². The van der Waals surface area contributed by atoms with Gasteiger partial charge < -0.3 is 10.6 Å². The van der Waals surface area contributed by atoms with Crippen LogP contribution < -0.4 is 10.6 Å². The Morgan fingerprint density at radius 3 is 2.80 bits per heavy atom. The normalized spacial score (nSPS) is 15.8. The zero-order chi connectivity index (χ0) is 14.5. The molecule has 2 N–H and O–H groups in total. The number of carbonyl (C=O) groups excluding carboxylic acids is 1. The number of carbonyl (C=O) groups is 1. The van der Waals surface area contributed by atoms with E-state index in [1.54, 1.807) is 0 Å². The molecule has 1 heterocycles. The van der Waals surface area contributed by atoms with Crippen molar-refractivity contribution in [3.05, 3.63) is 34.1 Å². The number of rotatable bonds is 4. The molecular weight excluding hydrogens is 267 g/mol. The third-order valence-electron chi connectivity index (χ3n) is 3.03. The van der Waals surface area contributed by atoms with Crippen LogP contribution in [0.15, 0.2) is 18.2 Å². The standard InChI is InChI=1S/C12H15FN4O3/c13-9-2-1-3-10(17(19)20)12(9)15-11(18)8-16-6-4-14-5-7-16/h1-3,14H,4-8H2,(H,15,18). The van der Waals surface area contributed by atoms with Crippen molar-refractivity contribution in [1.29, 1.82) is 0 Å². The molecule has 7 nitrogen and oxygen atoms in total. The average molecular weight is 282 g/mol. The molecule has 108 valence electrons. The molecule has 0 unspecified atom stereocenters. The first-order chi connectivity index (χ1) is 9.58. The van der Waals surface area contributed by atoms with E-state index in [4.69, 9.17) is 0 Å². The third-order valence-corrected chi connectivity index (χ3v) is 3.03. The van der Waals surface area contributed by atoms with Gasteiger partial charge in [-0.2, -0.15) is 0 Å². The second-order valence-corrected chi connectivity index (χ2v) is 4.47. The Morgan fingerprint density at radius 1 is 1.45 bits per heavy atom. The fourth-order valence-corrected chi connectivity index (χ4v) is 2.04. The zero-order valence-corrected chi connectivity index (χ0v) is 10.8. The van der Waals surface area contributed by atoms with Gasteiger partial charge in [0.25, 0.3) is 5.69 Å². The molecule has 1 saturated heterocycles. The van der Waals surface area contributed by atoms with Crippen LogP contribution in [0.2, 0.25) is 0 Å². The molecule has 0 radical (unpaired) electrons. The Balaban J connectivity index is 2.05. The molecule has 0 aromatic heterocycles. The van der Waals surface area contributed by atoms with Crippen LogP contribution in [-0.2, 0) is 4.79 Å². The Kier molecular flexibility index (Phi) is 4.59. The predicted molar refractivity (Wildman–Crippen MR) is 71.0 cm³/mol. The number of nitro groups is 1. The number of benzene rings is 1. The Hall–Kier alpha value is -2.06. The van der Waals surface area contributed by atoms with Crippen LogP contribution in [0.4, 0.5) is 15.8 Å². The lowest BCUT2D eigenvalue weighted by Crippen LogP contribution is -2.46. The van der Waals surface area contributed by atoms with Gasteiger partial charge in [-0.1, -0.05) is 6.07 Å². The maximum atomic E-state index is 13.6. The van der Waals surface area contributed by atoms with E-state index in [0.29, 0.717) is 13.1 Å². The number of nitrogens with zero attached hydrogens (tertiary/aromatic N) is 2. The summed E-state index contributed by atoms with van der Waals surface area (Å²) < 4.78 is 13.6. The van der Waals surface area contributed by atoms with E-state index in [9.17, 15) is 19.3 Å². The monoisotopic (exact) mass is 282 g/mol. The number of halogens is 1. The molecule has 1 aromatic carbocycles. The number of nitro benzene ring substituents is 1. The predicted octanol–water partition coefficient (Wildman–Crippen LogP) is 0.578. The van der Waals surface area contributed by atoms with E-state index >= 15 is 0 Å². The third kappa shape index (κ3) is 3.49. The van der Waals surface area contributed by atoms with E-state index < -0.39 is 22.3 Å². The summed E-state index contributed by atoms with van der Waals surface area (Å²) in [5.74, 6) is -1.27. The molecular formula is C12H15FN4O3. The van der Waals surface area contributed by atoms with Crippen molar-refractivity contribution in [3.8, 4) is 0 Å². The highest BCUT2D eigenvalue weighted by Crippen LogP contribution is 2.26. The van der Waals surface area contributed by atoms with Crippen LogP contribution in [0.1, 0.15) is 0 Å². The molecule has 1 amide bonds. The molecule has 0 aliphatic carbocycles. The topological polar surface area (TPSA) is 87.5 Å². The van der Waals surface area contributed by atoms with Crippen LogP contribution in [0.3, 0.4) is 0 Å². The number of piperazine rings is 1. The fraction of sp³-hybridized carbons (Fsp3) is 0.417. The number of nitrogens with one attached hydrogen (secondary N) is 2. The van der Waals surface area contributed by atoms with Gasteiger partial charge in [0.1, 0.15) is 0 Å². The first kappa shape index (κ1) is 14.4. The van der Waals surface area contributed by atoms with Crippen molar-refractivity contribution < 1.29 is 14.1 Å². The van der Waals surface area contributed by atoms with Crippen molar-refractivity contribution in [2.45, 2.75) is 0 Å². The summed E-state index contributed by atoms with van der Waals surface area (Å²) in [5, 5.41) is 16.3. The molecule has 1 aliphatic rings. The lowest BCUT2D eigenvalue weighted by atomic mass is 10.2. The van der Waals surface area contributed by atoms with Crippen molar-refractivity contribution >= 4 is 17.3 Å². The second-order valence-electron chi connectivity index (χ2n) is 4.47. The Morgan fingerprint density at radius 2 is 2.15 bits per heavy atom. The van der Waals surface area contributed by atoms with E-state index in [1.807, 2.05) is 4.90 Å². The van der Waals surface area contributed by atoms with E-state index in [0.717, 1.165) is 25.2 Å². The smallest absolute Gasteiger partial charge is 0.295 e. The Labute approximate surface area is 114 Å². The van der Waals surface area contributed by atoms with Crippen molar-refractivity contribution in [2.75, 3.05) is 38.0 Å². The number of amides is 1. The van der Waals surface area contributed by atoms with Gasteiger partial charge in [-0.3, -0.25) is 19.8 Å². The minimum atomic E-state index is -0.812. The summed E-state index contributed by atoms with van der Waals surface area (Å²) in [4.78, 5) is 23.8. The molecule has 1 fully saturated rings. The average Bonchev–Trinajstić information content (AvgIpc) is 2.42. The van der Waals surface area contributed by atoms with Gasteiger partial charge in [-0.05, 0) is 6.07 Å². The van der Waals surface area contributed by atoms with E-state index in [1.165, 1.54) is 6.07 Å². The summed E-state index contributed by atoms with van der Waals surface area (Å²) in [7, 11) is 0. The van der Waals surface area contributed by atoms with E-state index in [-0.39, 0.29) is 12.2 Å². The molecule has 0 atom stereocenters. The molecule has 1 aromatic rings.